The second-order valence-electron chi connectivity index (χ2n) is 8.25. The van der Waals surface area contributed by atoms with Gasteiger partial charge in [0.25, 0.3) is 0 Å². The van der Waals surface area contributed by atoms with Crippen LogP contribution in [0, 0.1) is 11.7 Å². The van der Waals surface area contributed by atoms with Gasteiger partial charge in [0, 0.05) is 30.8 Å². The third-order valence-corrected chi connectivity index (χ3v) is 5.67. The molecule has 7 nitrogen and oxygen atoms in total. The van der Waals surface area contributed by atoms with Gasteiger partial charge >= 0.3 is 0 Å². The first-order valence-electron chi connectivity index (χ1n) is 10.8. The maximum Gasteiger partial charge on any atom is 0.225 e. The highest BCUT2D eigenvalue weighted by molar-refractivity contribution is 5.77. The molecule has 0 saturated carbocycles. The Morgan fingerprint density at radius 3 is 2.48 bits per heavy atom. The van der Waals surface area contributed by atoms with Crippen LogP contribution in [0.5, 0.6) is 0 Å². The molecule has 5 rings (SSSR count). The summed E-state index contributed by atoms with van der Waals surface area (Å²) in [5.74, 6) is 1.36. The number of ether oxygens (including phenoxy) is 2. The molecule has 2 aromatic heterocycles. The predicted molar refractivity (Wildman–Crippen MR) is 115 cm³/mol. The molecule has 2 saturated heterocycles. The van der Waals surface area contributed by atoms with Crippen LogP contribution in [-0.2, 0) is 9.47 Å². The van der Waals surface area contributed by atoms with Gasteiger partial charge in [-0.3, -0.25) is 0 Å². The summed E-state index contributed by atoms with van der Waals surface area (Å²) in [4.78, 5) is 19.7. The molecule has 1 N–H and O–H groups in total. The van der Waals surface area contributed by atoms with Crippen molar-refractivity contribution in [1.82, 2.24) is 19.9 Å². The summed E-state index contributed by atoms with van der Waals surface area (Å²) >= 11 is 0. The van der Waals surface area contributed by atoms with Crippen LogP contribution in [0.3, 0.4) is 0 Å². The lowest BCUT2D eigenvalue weighted by Crippen LogP contribution is -2.31. The first kappa shape index (κ1) is 20.1. The third-order valence-electron chi connectivity index (χ3n) is 5.67. The van der Waals surface area contributed by atoms with E-state index < -0.39 is 6.29 Å². The first-order chi connectivity index (χ1) is 15.2. The van der Waals surface area contributed by atoms with Gasteiger partial charge in [-0.05, 0) is 49.6 Å². The summed E-state index contributed by atoms with van der Waals surface area (Å²) in [5, 5.41) is 0. The largest absolute Gasteiger partial charge is 0.346 e. The van der Waals surface area contributed by atoms with Gasteiger partial charge in [0.2, 0.25) is 12.2 Å². The highest BCUT2D eigenvalue weighted by Crippen LogP contribution is 2.33. The summed E-state index contributed by atoms with van der Waals surface area (Å²) in [7, 11) is 0. The Balaban J connectivity index is 1.54. The van der Waals surface area contributed by atoms with E-state index in [0.717, 1.165) is 48.8 Å². The van der Waals surface area contributed by atoms with Crippen molar-refractivity contribution in [3.8, 4) is 22.6 Å². The van der Waals surface area contributed by atoms with Gasteiger partial charge in [-0.2, -0.15) is 0 Å². The quantitative estimate of drug-likeness (QED) is 0.673. The Hall–Kier alpha value is -2.84. The van der Waals surface area contributed by atoms with E-state index in [-0.39, 0.29) is 5.82 Å². The van der Waals surface area contributed by atoms with E-state index in [1.54, 1.807) is 18.3 Å². The second kappa shape index (κ2) is 8.72. The minimum atomic E-state index is -0.562. The van der Waals surface area contributed by atoms with Gasteiger partial charge in [-0.1, -0.05) is 6.92 Å². The van der Waals surface area contributed by atoms with E-state index in [1.807, 2.05) is 6.07 Å². The summed E-state index contributed by atoms with van der Waals surface area (Å²) in [6.45, 7) is 5.23. The highest BCUT2D eigenvalue weighted by atomic mass is 19.1. The number of rotatable bonds is 4. The van der Waals surface area contributed by atoms with Crippen molar-refractivity contribution in [2.45, 2.75) is 32.5 Å². The Morgan fingerprint density at radius 1 is 1.00 bits per heavy atom. The molecule has 0 radical (unpaired) electrons. The van der Waals surface area contributed by atoms with Crippen LogP contribution >= 0.6 is 0 Å². The number of anilines is 1. The van der Waals surface area contributed by atoms with Gasteiger partial charge in [0.15, 0.2) is 5.82 Å². The van der Waals surface area contributed by atoms with Crippen molar-refractivity contribution in [2.24, 2.45) is 5.92 Å². The zero-order chi connectivity index (χ0) is 21.2. The third kappa shape index (κ3) is 4.31. The SMILES string of the molecule is CC1COC(c2nc(-c3ccc(F)cc3)c(-c3ccnc(N4CCCCC4)n3)[nH]2)OC1. The summed E-state index contributed by atoms with van der Waals surface area (Å²) in [6, 6.07) is 8.17. The molecule has 3 aromatic rings. The Kier molecular flexibility index (Phi) is 5.65. The average Bonchev–Trinajstić information content (AvgIpc) is 3.26. The molecule has 8 heteroatoms. The number of hydrogen-bond acceptors (Lipinski definition) is 6. The van der Waals surface area contributed by atoms with E-state index in [9.17, 15) is 4.39 Å². The van der Waals surface area contributed by atoms with E-state index in [4.69, 9.17) is 19.4 Å². The lowest BCUT2D eigenvalue weighted by Gasteiger charge is -2.26. The van der Waals surface area contributed by atoms with Gasteiger partial charge < -0.3 is 19.4 Å². The van der Waals surface area contributed by atoms with Crippen molar-refractivity contribution in [3.05, 3.63) is 48.2 Å². The molecule has 0 amide bonds. The van der Waals surface area contributed by atoms with E-state index in [1.165, 1.54) is 18.6 Å². The number of halogens is 1. The Morgan fingerprint density at radius 2 is 1.74 bits per heavy atom. The van der Waals surface area contributed by atoms with Gasteiger partial charge in [0.1, 0.15) is 5.82 Å². The van der Waals surface area contributed by atoms with E-state index in [0.29, 0.717) is 30.7 Å². The van der Waals surface area contributed by atoms with Crippen LogP contribution in [0.25, 0.3) is 22.6 Å². The van der Waals surface area contributed by atoms with Crippen LogP contribution in [0.1, 0.15) is 38.3 Å². The molecule has 0 atom stereocenters. The molecule has 2 aliphatic rings. The minimum Gasteiger partial charge on any atom is -0.346 e. The number of benzene rings is 1. The summed E-state index contributed by atoms with van der Waals surface area (Å²) in [5.41, 5.74) is 2.95. The minimum absolute atomic E-state index is 0.289. The molecular weight excluding hydrogens is 397 g/mol. The smallest absolute Gasteiger partial charge is 0.225 e. The number of nitrogens with one attached hydrogen (secondary N) is 1. The molecule has 162 valence electrons. The molecule has 2 fully saturated rings. The molecule has 2 aliphatic heterocycles. The van der Waals surface area contributed by atoms with Crippen LogP contribution in [-0.4, -0.2) is 46.2 Å². The molecule has 1 aromatic carbocycles. The van der Waals surface area contributed by atoms with Crippen LogP contribution < -0.4 is 4.90 Å². The molecule has 31 heavy (non-hydrogen) atoms. The van der Waals surface area contributed by atoms with Crippen LogP contribution in [0.2, 0.25) is 0 Å². The number of nitrogens with zero attached hydrogens (tertiary/aromatic N) is 4. The van der Waals surface area contributed by atoms with Gasteiger partial charge in [-0.25, -0.2) is 19.3 Å². The van der Waals surface area contributed by atoms with Crippen molar-refractivity contribution < 1.29 is 13.9 Å². The number of aromatic amines is 1. The number of aromatic nitrogens is 4. The lowest BCUT2D eigenvalue weighted by molar-refractivity contribution is -0.205. The molecule has 0 aliphatic carbocycles. The Labute approximate surface area is 180 Å². The molecule has 0 spiro atoms. The average molecular weight is 423 g/mol. The topological polar surface area (TPSA) is 76.2 Å². The fourth-order valence-electron chi connectivity index (χ4n) is 4.00. The summed E-state index contributed by atoms with van der Waals surface area (Å²) in [6.07, 6.45) is 4.76. The van der Waals surface area contributed by atoms with Gasteiger partial charge in [-0.15, -0.1) is 0 Å². The summed E-state index contributed by atoms with van der Waals surface area (Å²) < 4.78 is 25.2. The van der Waals surface area contributed by atoms with Crippen LogP contribution in [0.15, 0.2) is 36.5 Å². The first-order valence-corrected chi connectivity index (χ1v) is 10.8. The predicted octanol–water partition coefficient (Wildman–Crippen LogP) is 4.34. The zero-order valence-electron chi connectivity index (χ0n) is 17.6. The molecular formula is C23H26FN5O2. The number of H-pyrrole nitrogens is 1. The van der Waals surface area contributed by atoms with Crippen molar-refractivity contribution >= 4 is 5.95 Å². The fourth-order valence-corrected chi connectivity index (χ4v) is 4.00. The maximum atomic E-state index is 13.5. The zero-order valence-corrected chi connectivity index (χ0v) is 17.6. The fraction of sp³-hybridized carbons (Fsp3) is 0.435. The number of imidazole rings is 1. The van der Waals surface area contributed by atoms with E-state index >= 15 is 0 Å². The number of hydrogen-bond donors (Lipinski definition) is 1. The van der Waals surface area contributed by atoms with Gasteiger partial charge in [0.05, 0.1) is 30.3 Å². The van der Waals surface area contributed by atoms with Crippen molar-refractivity contribution in [2.75, 3.05) is 31.2 Å². The Bertz CT molecular complexity index is 1020. The molecule has 0 unspecified atom stereocenters. The second-order valence-corrected chi connectivity index (χ2v) is 8.25. The van der Waals surface area contributed by atoms with Crippen molar-refractivity contribution in [3.63, 3.8) is 0 Å². The molecule has 4 heterocycles. The monoisotopic (exact) mass is 423 g/mol. The van der Waals surface area contributed by atoms with Crippen LogP contribution in [0.4, 0.5) is 10.3 Å². The lowest BCUT2D eigenvalue weighted by atomic mass is 10.1. The standard InChI is InChI=1S/C23H26FN5O2/c1-15-13-30-22(31-14-15)21-27-19(16-5-7-17(24)8-6-16)20(28-21)18-9-10-25-23(26-18)29-11-3-2-4-12-29/h5-10,15,22H,2-4,11-14H2,1H3,(H,27,28). The molecule has 0 bridgehead atoms. The normalized spacial score (nSPS) is 21.9. The maximum absolute atomic E-state index is 13.5. The highest BCUT2D eigenvalue weighted by Gasteiger charge is 2.26. The number of piperidine rings is 1. The van der Waals surface area contributed by atoms with E-state index in [2.05, 4.69) is 21.8 Å². The van der Waals surface area contributed by atoms with Crippen molar-refractivity contribution in [1.29, 1.82) is 0 Å².